The molecule has 1 atom stereocenters. The van der Waals surface area contributed by atoms with E-state index in [4.69, 9.17) is 0 Å². The van der Waals surface area contributed by atoms with E-state index in [0.717, 1.165) is 24.1 Å². The summed E-state index contributed by atoms with van der Waals surface area (Å²) >= 11 is 0. The van der Waals surface area contributed by atoms with Crippen molar-refractivity contribution in [2.75, 3.05) is 19.6 Å². The van der Waals surface area contributed by atoms with E-state index in [9.17, 15) is 9.59 Å². The summed E-state index contributed by atoms with van der Waals surface area (Å²) in [5.74, 6) is 0.208. The molecule has 1 unspecified atom stereocenters. The number of carbonyl (C=O) groups is 2. The summed E-state index contributed by atoms with van der Waals surface area (Å²) < 4.78 is 0. The molecule has 0 aromatic heterocycles. The second-order valence-electron chi connectivity index (χ2n) is 5.75. The fraction of sp³-hybridized carbons (Fsp3) is 0.467. The van der Waals surface area contributed by atoms with Gasteiger partial charge in [0.1, 0.15) is 0 Å². The van der Waals surface area contributed by atoms with Gasteiger partial charge in [0.05, 0.1) is 0 Å². The molecule has 0 aliphatic carbocycles. The maximum absolute atomic E-state index is 12.5. The summed E-state index contributed by atoms with van der Waals surface area (Å²) in [6.45, 7) is 4.12. The Morgan fingerprint density at radius 2 is 2.16 bits per heavy atom. The van der Waals surface area contributed by atoms with Crippen molar-refractivity contribution in [3.8, 4) is 0 Å². The monoisotopic (exact) mass is 258 g/mol. The lowest BCUT2D eigenvalue weighted by molar-refractivity contribution is -0.119. The minimum Gasteiger partial charge on any atom is -0.355 e. The van der Waals surface area contributed by atoms with E-state index in [1.807, 2.05) is 36.1 Å². The minimum atomic E-state index is -0.0184. The molecule has 2 heterocycles. The Bertz CT molecular complexity index is 541. The van der Waals surface area contributed by atoms with Gasteiger partial charge in [0.15, 0.2) is 0 Å². The number of amides is 2. The van der Waals surface area contributed by atoms with Crippen LogP contribution in [-0.4, -0.2) is 36.3 Å². The lowest BCUT2D eigenvalue weighted by Gasteiger charge is -2.22. The molecule has 1 aromatic rings. The third kappa shape index (κ3) is 2.11. The van der Waals surface area contributed by atoms with Crippen LogP contribution >= 0.6 is 0 Å². The smallest absolute Gasteiger partial charge is 0.254 e. The number of benzene rings is 1. The summed E-state index contributed by atoms with van der Waals surface area (Å²) in [6, 6.07) is 7.67. The Kier molecular flexibility index (Phi) is 2.81. The fourth-order valence-electron chi connectivity index (χ4n) is 3.13. The van der Waals surface area contributed by atoms with E-state index in [2.05, 4.69) is 5.32 Å². The van der Waals surface area contributed by atoms with Gasteiger partial charge in [-0.3, -0.25) is 9.59 Å². The third-order valence-electron chi connectivity index (χ3n) is 4.30. The lowest BCUT2D eigenvalue weighted by Crippen LogP contribution is -2.33. The molecule has 2 amide bonds. The molecule has 2 aliphatic rings. The van der Waals surface area contributed by atoms with Crippen molar-refractivity contribution in [3.63, 3.8) is 0 Å². The first-order valence-corrected chi connectivity index (χ1v) is 6.71. The molecule has 2 saturated heterocycles. The standard InChI is InChI=1S/C15H18N2O2/c1-11-4-2-3-5-12(11)14(19)17-7-6-15(10-17)8-13(18)16-9-15/h2-5H,6-10H2,1H3,(H,16,18). The van der Waals surface area contributed by atoms with Gasteiger partial charge in [-0.05, 0) is 25.0 Å². The van der Waals surface area contributed by atoms with E-state index in [-0.39, 0.29) is 17.2 Å². The predicted molar refractivity (Wildman–Crippen MR) is 71.8 cm³/mol. The maximum Gasteiger partial charge on any atom is 0.254 e. The highest BCUT2D eigenvalue weighted by Gasteiger charge is 2.45. The van der Waals surface area contributed by atoms with E-state index in [0.29, 0.717) is 19.5 Å². The fourth-order valence-corrected chi connectivity index (χ4v) is 3.13. The number of carbonyl (C=O) groups excluding carboxylic acids is 2. The van der Waals surface area contributed by atoms with Crippen LogP contribution in [0.25, 0.3) is 0 Å². The zero-order valence-electron chi connectivity index (χ0n) is 11.1. The van der Waals surface area contributed by atoms with Gasteiger partial charge in [-0.15, -0.1) is 0 Å². The average molecular weight is 258 g/mol. The molecule has 0 saturated carbocycles. The molecule has 1 N–H and O–H groups in total. The van der Waals surface area contributed by atoms with Gasteiger partial charge in [-0.25, -0.2) is 0 Å². The van der Waals surface area contributed by atoms with Crippen LogP contribution in [0.3, 0.4) is 0 Å². The number of nitrogens with one attached hydrogen (secondary N) is 1. The SMILES string of the molecule is Cc1ccccc1C(=O)N1CCC2(CNC(=O)C2)C1. The Hall–Kier alpha value is -1.84. The van der Waals surface area contributed by atoms with Crippen molar-refractivity contribution in [1.82, 2.24) is 10.2 Å². The number of likely N-dealkylation sites (tertiary alicyclic amines) is 1. The second kappa shape index (κ2) is 4.37. The van der Waals surface area contributed by atoms with Gasteiger partial charge < -0.3 is 10.2 Å². The van der Waals surface area contributed by atoms with Crippen molar-refractivity contribution in [1.29, 1.82) is 0 Å². The first-order valence-electron chi connectivity index (χ1n) is 6.71. The van der Waals surface area contributed by atoms with Gasteiger partial charge in [0, 0.05) is 37.0 Å². The Labute approximate surface area is 112 Å². The third-order valence-corrected chi connectivity index (χ3v) is 4.30. The van der Waals surface area contributed by atoms with Gasteiger partial charge in [-0.2, -0.15) is 0 Å². The van der Waals surface area contributed by atoms with Gasteiger partial charge in [0.2, 0.25) is 5.91 Å². The molecule has 1 aromatic carbocycles. The number of hydrogen-bond acceptors (Lipinski definition) is 2. The maximum atomic E-state index is 12.5. The molecule has 0 bridgehead atoms. The largest absolute Gasteiger partial charge is 0.355 e. The molecule has 4 nitrogen and oxygen atoms in total. The number of rotatable bonds is 1. The molecule has 19 heavy (non-hydrogen) atoms. The van der Waals surface area contributed by atoms with Crippen LogP contribution in [0.4, 0.5) is 0 Å². The van der Waals surface area contributed by atoms with E-state index < -0.39 is 0 Å². The Morgan fingerprint density at radius 3 is 2.84 bits per heavy atom. The first kappa shape index (κ1) is 12.2. The normalized spacial score (nSPS) is 25.9. The molecule has 100 valence electrons. The number of nitrogens with zero attached hydrogens (tertiary/aromatic N) is 1. The summed E-state index contributed by atoms with van der Waals surface area (Å²) in [6.07, 6.45) is 1.48. The van der Waals surface area contributed by atoms with Crippen LogP contribution in [0.2, 0.25) is 0 Å². The van der Waals surface area contributed by atoms with Crippen LogP contribution in [0.1, 0.15) is 28.8 Å². The van der Waals surface area contributed by atoms with Crippen molar-refractivity contribution < 1.29 is 9.59 Å². The summed E-state index contributed by atoms with van der Waals surface area (Å²) in [7, 11) is 0. The quantitative estimate of drug-likeness (QED) is 0.826. The molecular weight excluding hydrogens is 240 g/mol. The topological polar surface area (TPSA) is 49.4 Å². The van der Waals surface area contributed by atoms with Crippen molar-refractivity contribution in [3.05, 3.63) is 35.4 Å². The number of hydrogen-bond donors (Lipinski definition) is 1. The summed E-state index contributed by atoms with van der Waals surface area (Å²) in [4.78, 5) is 25.8. The predicted octanol–water partition coefficient (Wildman–Crippen LogP) is 1.35. The molecule has 1 spiro atoms. The minimum absolute atomic E-state index is 0.0184. The van der Waals surface area contributed by atoms with Crippen molar-refractivity contribution in [2.45, 2.75) is 19.8 Å². The van der Waals surface area contributed by atoms with Crippen molar-refractivity contribution >= 4 is 11.8 Å². The Morgan fingerprint density at radius 1 is 1.37 bits per heavy atom. The van der Waals surface area contributed by atoms with E-state index >= 15 is 0 Å². The highest BCUT2D eigenvalue weighted by molar-refractivity contribution is 5.96. The highest BCUT2D eigenvalue weighted by atomic mass is 16.2. The zero-order valence-corrected chi connectivity index (χ0v) is 11.1. The van der Waals surface area contributed by atoms with Crippen LogP contribution in [-0.2, 0) is 4.79 Å². The average Bonchev–Trinajstić information content (AvgIpc) is 2.97. The highest BCUT2D eigenvalue weighted by Crippen LogP contribution is 2.37. The first-order chi connectivity index (χ1) is 9.10. The van der Waals surface area contributed by atoms with E-state index in [1.54, 1.807) is 0 Å². The van der Waals surface area contributed by atoms with Crippen LogP contribution < -0.4 is 5.32 Å². The molecule has 2 fully saturated rings. The summed E-state index contributed by atoms with van der Waals surface area (Å²) in [5.41, 5.74) is 1.76. The molecule has 2 aliphatic heterocycles. The van der Waals surface area contributed by atoms with Crippen LogP contribution in [0.15, 0.2) is 24.3 Å². The van der Waals surface area contributed by atoms with E-state index in [1.165, 1.54) is 0 Å². The Balaban J connectivity index is 1.77. The summed E-state index contributed by atoms with van der Waals surface area (Å²) in [5, 5.41) is 2.89. The van der Waals surface area contributed by atoms with Crippen LogP contribution in [0, 0.1) is 12.3 Å². The van der Waals surface area contributed by atoms with Gasteiger partial charge >= 0.3 is 0 Å². The second-order valence-corrected chi connectivity index (χ2v) is 5.75. The lowest BCUT2D eigenvalue weighted by atomic mass is 9.86. The van der Waals surface area contributed by atoms with Gasteiger partial charge in [-0.1, -0.05) is 18.2 Å². The molecule has 4 heteroatoms. The van der Waals surface area contributed by atoms with Crippen molar-refractivity contribution in [2.24, 2.45) is 5.41 Å². The van der Waals surface area contributed by atoms with Crippen LogP contribution in [0.5, 0.6) is 0 Å². The number of aryl methyl sites for hydroxylation is 1. The molecule has 3 rings (SSSR count). The van der Waals surface area contributed by atoms with Gasteiger partial charge in [0.25, 0.3) is 5.91 Å². The molecule has 0 radical (unpaired) electrons. The zero-order chi connectivity index (χ0) is 13.5. The molecular formula is C15H18N2O2.